The molecule has 33 heavy (non-hydrogen) atoms. The number of aliphatic carboxylic acids is 1. The minimum atomic E-state index is -4.36. The van der Waals surface area contributed by atoms with Gasteiger partial charge in [0.15, 0.2) is 0 Å². The van der Waals surface area contributed by atoms with Crippen molar-refractivity contribution >= 4 is 28.2 Å². The van der Waals surface area contributed by atoms with Gasteiger partial charge in [-0.2, -0.15) is 13.2 Å². The fourth-order valence-electron chi connectivity index (χ4n) is 3.70. The van der Waals surface area contributed by atoms with Crippen LogP contribution in [0.1, 0.15) is 21.7 Å². The average Bonchev–Trinajstić information content (AvgIpc) is 3.27. The number of aryl methyl sites for hydroxylation is 2. The number of carbonyl (C=O) groups is 1. The molecular formula is C24H21F3N2O3S. The molecule has 0 aliphatic carbocycles. The molecule has 2 heterocycles. The molecule has 0 radical (unpaired) electrons. The Kier molecular flexibility index (Phi) is 6.16. The molecule has 0 bridgehead atoms. The van der Waals surface area contributed by atoms with E-state index in [2.05, 4.69) is 4.98 Å². The summed E-state index contributed by atoms with van der Waals surface area (Å²) in [4.78, 5) is 16.7. The highest BCUT2D eigenvalue weighted by Gasteiger charge is 2.30. The second-order valence-electron chi connectivity index (χ2n) is 7.71. The first-order valence-electron chi connectivity index (χ1n) is 10.2. The Labute approximate surface area is 192 Å². The summed E-state index contributed by atoms with van der Waals surface area (Å²) in [5, 5.41) is 10.6. The third kappa shape index (κ3) is 5.03. The molecule has 4 aromatic rings. The molecule has 0 fully saturated rings. The molecule has 0 amide bonds. The number of aromatic nitrogens is 2. The second kappa shape index (κ2) is 8.90. The number of carboxylic acid groups (broad SMARTS) is 1. The highest BCUT2D eigenvalue weighted by molar-refractivity contribution is 7.15. The lowest BCUT2D eigenvalue weighted by atomic mass is 10.1. The normalized spacial score (nSPS) is 11.8. The van der Waals surface area contributed by atoms with Gasteiger partial charge in [-0.15, -0.1) is 11.3 Å². The Balaban J connectivity index is 1.44. The number of hydrogen-bond acceptors (Lipinski definition) is 4. The van der Waals surface area contributed by atoms with Gasteiger partial charge >= 0.3 is 12.1 Å². The van der Waals surface area contributed by atoms with Crippen molar-refractivity contribution in [3.63, 3.8) is 0 Å². The highest BCUT2D eigenvalue weighted by atomic mass is 32.1. The summed E-state index contributed by atoms with van der Waals surface area (Å²) in [6.45, 7) is 2.29. The minimum Gasteiger partial charge on any atom is -0.493 e. The van der Waals surface area contributed by atoms with Crippen LogP contribution in [0.4, 0.5) is 13.2 Å². The van der Waals surface area contributed by atoms with Crippen molar-refractivity contribution in [3.8, 4) is 16.3 Å². The number of thiazole rings is 1. The molecule has 4 rings (SSSR count). The Morgan fingerprint density at radius 1 is 1.18 bits per heavy atom. The predicted octanol–water partition coefficient (Wildman–Crippen LogP) is 5.88. The molecule has 0 spiro atoms. The molecule has 2 aromatic carbocycles. The van der Waals surface area contributed by atoms with Gasteiger partial charge in [-0.25, -0.2) is 4.98 Å². The van der Waals surface area contributed by atoms with Gasteiger partial charge in [0, 0.05) is 41.0 Å². The summed E-state index contributed by atoms with van der Waals surface area (Å²) >= 11 is 1.43. The van der Waals surface area contributed by atoms with Crippen LogP contribution in [0.5, 0.6) is 5.75 Å². The van der Waals surface area contributed by atoms with Crippen molar-refractivity contribution in [1.82, 2.24) is 9.55 Å². The zero-order chi connectivity index (χ0) is 23.8. The Bertz CT molecular complexity index is 1310. The van der Waals surface area contributed by atoms with Crippen molar-refractivity contribution in [1.29, 1.82) is 0 Å². The van der Waals surface area contributed by atoms with Gasteiger partial charge in [0.1, 0.15) is 10.8 Å². The summed E-state index contributed by atoms with van der Waals surface area (Å²) in [7, 11) is 1.87. The summed E-state index contributed by atoms with van der Waals surface area (Å²) < 4.78 is 46.1. The lowest BCUT2D eigenvalue weighted by molar-refractivity contribution is -0.138. The summed E-state index contributed by atoms with van der Waals surface area (Å²) in [6, 6.07) is 10.6. The van der Waals surface area contributed by atoms with Crippen LogP contribution in [0.3, 0.4) is 0 Å². The maximum atomic E-state index is 12.8. The number of halogens is 3. The first-order valence-corrected chi connectivity index (χ1v) is 11.0. The third-order valence-electron chi connectivity index (χ3n) is 5.34. The van der Waals surface area contributed by atoms with Crippen LogP contribution in [0, 0.1) is 6.92 Å². The largest absolute Gasteiger partial charge is 0.493 e. The Morgan fingerprint density at radius 2 is 1.91 bits per heavy atom. The molecule has 0 atom stereocenters. The van der Waals surface area contributed by atoms with E-state index >= 15 is 0 Å². The van der Waals surface area contributed by atoms with Crippen molar-refractivity contribution in [3.05, 3.63) is 70.4 Å². The molecule has 172 valence electrons. The van der Waals surface area contributed by atoms with E-state index in [0.29, 0.717) is 29.3 Å². The Hall–Kier alpha value is -3.33. The van der Waals surface area contributed by atoms with Crippen LogP contribution in [0.25, 0.3) is 21.5 Å². The number of nitrogens with zero attached hydrogens (tertiary/aromatic N) is 2. The summed E-state index contributed by atoms with van der Waals surface area (Å²) in [5.74, 6) is -0.257. The first kappa shape index (κ1) is 22.8. The van der Waals surface area contributed by atoms with Gasteiger partial charge in [-0.05, 0) is 42.8 Å². The number of hydrogen-bond donors (Lipinski definition) is 1. The lowest BCUT2D eigenvalue weighted by Crippen LogP contribution is -2.04. The van der Waals surface area contributed by atoms with Gasteiger partial charge < -0.3 is 14.4 Å². The second-order valence-corrected chi connectivity index (χ2v) is 8.91. The quantitative estimate of drug-likeness (QED) is 0.363. The van der Waals surface area contributed by atoms with Crippen LogP contribution in [-0.4, -0.2) is 27.2 Å². The highest BCUT2D eigenvalue weighted by Crippen LogP contribution is 2.33. The number of alkyl halides is 3. The van der Waals surface area contributed by atoms with Crippen molar-refractivity contribution < 1.29 is 27.8 Å². The number of fused-ring (bicyclic) bond motifs is 1. The van der Waals surface area contributed by atoms with E-state index in [9.17, 15) is 18.0 Å². The molecule has 5 nitrogen and oxygen atoms in total. The number of carboxylic acids is 1. The molecule has 0 unspecified atom stereocenters. The van der Waals surface area contributed by atoms with E-state index in [0.717, 1.165) is 39.2 Å². The van der Waals surface area contributed by atoms with E-state index in [-0.39, 0.29) is 6.42 Å². The SMILES string of the molecule is Cc1sc(-c2ccc(C(F)(F)F)cc2)nc1CCOc1ccc2c(c1)c(CC(=O)O)cn2C. The monoisotopic (exact) mass is 474 g/mol. The van der Waals surface area contributed by atoms with Crippen molar-refractivity contribution in [2.75, 3.05) is 6.61 Å². The molecular weight excluding hydrogens is 453 g/mol. The number of benzene rings is 2. The maximum Gasteiger partial charge on any atom is 0.416 e. The van der Waals surface area contributed by atoms with Gasteiger partial charge in [-0.3, -0.25) is 4.79 Å². The minimum absolute atomic E-state index is 0.0639. The average molecular weight is 475 g/mol. The van der Waals surface area contributed by atoms with Crippen LogP contribution in [-0.2, 0) is 30.9 Å². The molecule has 0 aliphatic rings. The van der Waals surface area contributed by atoms with E-state index in [1.54, 1.807) is 0 Å². The van der Waals surface area contributed by atoms with Crippen LogP contribution in [0.15, 0.2) is 48.7 Å². The fraction of sp³-hybridized carbons (Fsp3) is 0.250. The van der Waals surface area contributed by atoms with Crippen molar-refractivity contribution in [2.24, 2.45) is 7.05 Å². The number of ether oxygens (including phenoxy) is 1. The third-order valence-corrected chi connectivity index (χ3v) is 6.41. The van der Waals surface area contributed by atoms with Crippen LogP contribution >= 0.6 is 11.3 Å². The van der Waals surface area contributed by atoms with Crippen molar-refractivity contribution in [2.45, 2.75) is 25.9 Å². The first-order chi connectivity index (χ1) is 15.6. The van der Waals surface area contributed by atoms with E-state index in [1.807, 2.05) is 42.9 Å². The van der Waals surface area contributed by atoms with E-state index in [1.165, 1.54) is 23.5 Å². The predicted molar refractivity (Wildman–Crippen MR) is 121 cm³/mol. The Morgan fingerprint density at radius 3 is 2.58 bits per heavy atom. The van der Waals surface area contributed by atoms with Crippen LogP contribution in [0.2, 0.25) is 0 Å². The maximum absolute atomic E-state index is 12.8. The van der Waals surface area contributed by atoms with Gasteiger partial charge in [0.2, 0.25) is 0 Å². The van der Waals surface area contributed by atoms with Gasteiger partial charge in [0.05, 0.1) is 24.3 Å². The van der Waals surface area contributed by atoms with E-state index in [4.69, 9.17) is 9.84 Å². The number of rotatable bonds is 7. The zero-order valence-corrected chi connectivity index (χ0v) is 18.8. The van der Waals surface area contributed by atoms with Gasteiger partial charge in [-0.1, -0.05) is 12.1 Å². The molecule has 0 saturated heterocycles. The molecule has 9 heteroatoms. The van der Waals surface area contributed by atoms with Gasteiger partial charge in [0.25, 0.3) is 0 Å². The van der Waals surface area contributed by atoms with Crippen LogP contribution < -0.4 is 4.74 Å². The molecule has 0 aliphatic heterocycles. The fourth-order valence-corrected chi connectivity index (χ4v) is 4.66. The summed E-state index contributed by atoms with van der Waals surface area (Å²) in [6.07, 6.45) is -2.08. The smallest absolute Gasteiger partial charge is 0.416 e. The zero-order valence-electron chi connectivity index (χ0n) is 17.9. The lowest BCUT2D eigenvalue weighted by Gasteiger charge is -2.07. The molecule has 2 aromatic heterocycles. The summed E-state index contributed by atoms with van der Waals surface area (Å²) in [5.41, 5.74) is 2.44. The molecule has 0 saturated carbocycles. The topological polar surface area (TPSA) is 64.3 Å². The van der Waals surface area contributed by atoms with E-state index < -0.39 is 17.7 Å². The molecule has 1 N–H and O–H groups in total. The standard InChI is InChI=1S/C24H21F3N2O3S/c1-14-20(28-23(33-14)15-3-5-17(6-4-15)24(25,26)27)9-10-32-18-7-8-21-19(12-18)16(11-22(30)31)13-29(21)2/h3-8,12-13H,9-11H2,1-2H3,(H,30,31).